The zero-order chi connectivity index (χ0) is 12.7. The molecule has 1 atom stereocenters. The summed E-state index contributed by atoms with van der Waals surface area (Å²) in [6, 6.07) is 9.17. The maximum absolute atomic E-state index is 11.7. The van der Waals surface area contributed by atoms with E-state index in [0.29, 0.717) is 5.56 Å². The van der Waals surface area contributed by atoms with E-state index in [2.05, 4.69) is 5.32 Å². The molecule has 17 heavy (non-hydrogen) atoms. The number of nitriles is 1. The number of aliphatic carboxylic acids is 1. The van der Waals surface area contributed by atoms with Gasteiger partial charge in [-0.2, -0.15) is 5.26 Å². The molecule has 0 aromatic heterocycles. The standard InChI is InChI=1S/C12H12N2O3/c13-8-4-7-10(12(16)17)14-11(15)9-5-2-1-3-6-9/h1-3,5-6,10H,4,7H2,(H,14,15)(H,16,17)/t10-/m0/s1. The summed E-state index contributed by atoms with van der Waals surface area (Å²) in [7, 11) is 0. The van der Waals surface area contributed by atoms with Crippen molar-refractivity contribution in [3.8, 4) is 6.07 Å². The maximum Gasteiger partial charge on any atom is 0.326 e. The summed E-state index contributed by atoms with van der Waals surface area (Å²) in [5, 5.41) is 19.6. The van der Waals surface area contributed by atoms with E-state index in [1.54, 1.807) is 30.3 Å². The van der Waals surface area contributed by atoms with Gasteiger partial charge in [-0.25, -0.2) is 4.79 Å². The van der Waals surface area contributed by atoms with Gasteiger partial charge in [-0.05, 0) is 18.6 Å². The van der Waals surface area contributed by atoms with Crippen LogP contribution in [0.5, 0.6) is 0 Å². The minimum absolute atomic E-state index is 0.0893. The van der Waals surface area contributed by atoms with Crippen molar-refractivity contribution in [3.05, 3.63) is 35.9 Å². The number of benzene rings is 1. The average molecular weight is 232 g/mol. The molecule has 2 N–H and O–H groups in total. The van der Waals surface area contributed by atoms with Crippen LogP contribution in [0.1, 0.15) is 23.2 Å². The third-order valence-corrected chi connectivity index (χ3v) is 2.18. The van der Waals surface area contributed by atoms with Gasteiger partial charge >= 0.3 is 5.97 Å². The van der Waals surface area contributed by atoms with Gasteiger partial charge in [0.2, 0.25) is 0 Å². The molecule has 0 unspecified atom stereocenters. The predicted octanol–water partition coefficient (Wildman–Crippen LogP) is 1.17. The molecular formula is C12H12N2O3. The second-order valence-electron chi connectivity index (χ2n) is 3.43. The number of carbonyl (C=O) groups is 2. The highest BCUT2D eigenvalue weighted by atomic mass is 16.4. The molecule has 0 saturated heterocycles. The van der Waals surface area contributed by atoms with E-state index in [9.17, 15) is 9.59 Å². The van der Waals surface area contributed by atoms with Crippen LogP contribution in [0.15, 0.2) is 30.3 Å². The fourth-order valence-electron chi connectivity index (χ4n) is 1.30. The Labute approximate surface area is 98.7 Å². The fraction of sp³-hybridized carbons (Fsp3) is 0.250. The topological polar surface area (TPSA) is 90.2 Å². The van der Waals surface area contributed by atoms with E-state index in [1.165, 1.54) is 0 Å². The summed E-state index contributed by atoms with van der Waals surface area (Å²) >= 11 is 0. The molecule has 0 fully saturated rings. The van der Waals surface area contributed by atoms with Crippen LogP contribution >= 0.6 is 0 Å². The zero-order valence-electron chi connectivity index (χ0n) is 9.09. The Balaban J connectivity index is 2.65. The first kappa shape index (κ1) is 12.7. The van der Waals surface area contributed by atoms with Gasteiger partial charge in [0.05, 0.1) is 6.07 Å². The number of hydrogen-bond donors (Lipinski definition) is 2. The van der Waals surface area contributed by atoms with Crippen LogP contribution in [0.25, 0.3) is 0 Å². The molecule has 1 rings (SSSR count). The molecule has 1 amide bonds. The lowest BCUT2D eigenvalue weighted by Crippen LogP contribution is -2.40. The van der Waals surface area contributed by atoms with Crippen molar-refractivity contribution in [1.82, 2.24) is 5.32 Å². The van der Waals surface area contributed by atoms with E-state index in [0.717, 1.165) is 0 Å². The first-order valence-electron chi connectivity index (χ1n) is 5.11. The van der Waals surface area contributed by atoms with Gasteiger partial charge in [0.1, 0.15) is 6.04 Å². The molecule has 1 aromatic rings. The van der Waals surface area contributed by atoms with Crippen molar-refractivity contribution in [2.24, 2.45) is 0 Å². The molecule has 0 bridgehead atoms. The van der Waals surface area contributed by atoms with E-state index in [-0.39, 0.29) is 12.8 Å². The van der Waals surface area contributed by atoms with Crippen molar-refractivity contribution in [1.29, 1.82) is 5.26 Å². The van der Waals surface area contributed by atoms with Crippen molar-refractivity contribution in [2.45, 2.75) is 18.9 Å². The van der Waals surface area contributed by atoms with Gasteiger partial charge in [0.15, 0.2) is 0 Å². The summed E-state index contributed by atoms with van der Waals surface area (Å²) in [4.78, 5) is 22.5. The summed E-state index contributed by atoms with van der Waals surface area (Å²) < 4.78 is 0. The van der Waals surface area contributed by atoms with Crippen molar-refractivity contribution < 1.29 is 14.7 Å². The zero-order valence-corrected chi connectivity index (χ0v) is 9.09. The minimum Gasteiger partial charge on any atom is -0.480 e. The molecule has 0 radical (unpaired) electrons. The van der Waals surface area contributed by atoms with E-state index < -0.39 is 17.9 Å². The first-order valence-corrected chi connectivity index (χ1v) is 5.11. The van der Waals surface area contributed by atoms with Gasteiger partial charge < -0.3 is 10.4 Å². The Bertz CT molecular complexity index is 437. The molecule has 1 aromatic carbocycles. The first-order chi connectivity index (χ1) is 8.15. The van der Waals surface area contributed by atoms with Crippen LogP contribution in [0.2, 0.25) is 0 Å². The lowest BCUT2D eigenvalue weighted by Gasteiger charge is -2.12. The molecule has 5 nitrogen and oxygen atoms in total. The summed E-state index contributed by atoms with van der Waals surface area (Å²) in [5.74, 6) is -1.58. The van der Waals surface area contributed by atoms with Crippen LogP contribution in [0.4, 0.5) is 0 Å². The molecule has 0 saturated carbocycles. The second-order valence-corrected chi connectivity index (χ2v) is 3.43. The molecule has 0 aliphatic rings. The molecular weight excluding hydrogens is 220 g/mol. The smallest absolute Gasteiger partial charge is 0.326 e. The Kier molecular flexibility index (Phi) is 4.70. The Morgan fingerprint density at radius 3 is 2.53 bits per heavy atom. The third kappa shape index (κ3) is 3.95. The lowest BCUT2D eigenvalue weighted by atomic mass is 10.1. The minimum atomic E-state index is -1.13. The molecule has 0 aliphatic carbocycles. The number of carbonyl (C=O) groups excluding carboxylic acids is 1. The Hall–Kier alpha value is -2.35. The van der Waals surface area contributed by atoms with Crippen LogP contribution < -0.4 is 5.32 Å². The van der Waals surface area contributed by atoms with Crippen LogP contribution in [0, 0.1) is 11.3 Å². The van der Waals surface area contributed by atoms with Crippen LogP contribution in [0.3, 0.4) is 0 Å². The number of amides is 1. The van der Waals surface area contributed by atoms with Crippen molar-refractivity contribution in [3.63, 3.8) is 0 Å². The Morgan fingerprint density at radius 2 is 2.00 bits per heavy atom. The number of nitrogens with zero attached hydrogens (tertiary/aromatic N) is 1. The summed E-state index contributed by atoms with van der Waals surface area (Å²) in [6.07, 6.45) is 0.191. The lowest BCUT2D eigenvalue weighted by molar-refractivity contribution is -0.139. The molecule has 5 heteroatoms. The van der Waals surface area contributed by atoms with Crippen LogP contribution in [-0.4, -0.2) is 23.0 Å². The number of carboxylic acids is 1. The molecule has 0 heterocycles. The average Bonchev–Trinajstić information content (AvgIpc) is 2.35. The highest BCUT2D eigenvalue weighted by molar-refractivity contribution is 5.96. The number of nitrogens with one attached hydrogen (secondary N) is 1. The van der Waals surface area contributed by atoms with E-state index in [1.807, 2.05) is 6.07 Å². The highest BCUT2D eigenvalue weighted by Crippen LogP contribution is 2.02. The monoisotopic (exact) mass is 232 g/mol. The van der Waals surface area contributed by atoms with Gasteiger partial charge in [0.25, 0.3) is 5.91 Å². The molecule has 0 aliphatic heterocycles. The normalized spacial score (nSPS) is 11.2. The van der Waals surface area contributed by atoms with Crippen LogP contribution in [-0.2, 0) is 4.79 Å². The number of rotatable bonds is 5. The fourth-order valence-corrected chi connectivity index (χ4v) is 1.30. The highest BCUT2D eigenvalue weighted by Gasteiger charge is 2.19. The summed E-state index contributed by atoms with van der Waals surface area (Å²) in [6.45, 7) is 0. The van der Waals surface area contributed by atoms with Gasteiger partial charge in [-0.1, -0.05) is 18.2 Å². The second kappa shape index (κ2) is 6.28. The van der Waals surface area contributed by atoms with Gasteiger partial charge in [0, 0.05) is 12.0 Å². The Morgan fingerprint density at radius 1 is 1.35 bits per heavy atom. The predicted molar refractivity (Wildman–Crippen MR) is 60.2 cm³/mol. The third-order valence-electron chi connectivity index (χ3n) is 2.18. The largest absolute Gasteiger partial charge is 0.480 e. The van der Waals surface area contributed by atoms with Gasteiger partial charge in [-0.15, -0.1) is 0 Å². The summed E-state index contributed by atoms with van der Waals surface area (Å²) in [5.41, 5.74) is 0.399. The quantitative estimate of drug-likeness (QED) is 0.797. The number of carboxylic acid groups (broad SMARTS) is 1. The van der Waals surface area contributed by atoms with E-state index in [4.69, 9.17) is 10.4 Å². The maximum atomic E-state index is 11.7. The molecule has 0 spiro atoms. The van der Waals surface area contributed by atoms with Gasteiger partial charge in [-0.3, -0.25) is 4.79 Å². The van der Waals surface area contributed by atoms with E-state index >= 15 is 0 Å². The van der Waals surface area contributed by atoms with Crippen molar-refractivity contribution in [2.75, 3.05) is 0 Å². The van der Waals surface area contributed by atoms with Crippen molar-refractivity contribution >= 4 is 11.9 Å². The number of hydrogen-bond acceptors (Lipinski definition) is 3. The SMILES string of the molecule is N#CCC[C@H](NC(=O)c1ccccc1)C(=O)O. The molecule has 88 valence electrons.